The SMILES string of the molecule is CON(C)C(=O)[C@@H](C)[C@H](O)CCOCc1ccccc1. The van der Waals surface area contributed by atoms with Crippen molar-refractivity contribution < 1.29 is 19.5 Å². The van der Waals surface area contributed by atoms with Crippen LogP contribution in [0.3, 0.4) is 0 Å². The molecule has 0 heterocycles. The maximum atomic E-state index is 11.8. The maximum absolute atomic E-state index is 11.8. The number of carbonyl (C=O) groups excluding carboxylic acids is 1. The quantitative estimate of drug-likeness (QED) is 0.581. The number of hydrogen-bond acceptors (Lipinski definition) is 4. The van der Waals surface area contributed by atoms with E-state index >= 15 is 0 Å². The summed E-state index contributed by atoms with van der Waals surface area (Å²) in [5, 5.41) is 11.1. The van der Waals surface area contributed by atoms with Crippen LogP contribution in [0.4, 0.5) is 0 Å². The third kappa shape index (κ3) is 5.28. The van der Waals surface area contributed by atoms with E-state index in [-0.39, 0.29) is 5.91 Å². The third-order valence-electron chi connectivity index (χ3n) is 3.22. The van der Waals surface area contributed by atoms with Crippen LogP contribution in [0.5, 0.6) is 0 Å². The molecule has 1 aromatic carbocycles. The lowest BCUT2D eigenvalue weighted by Crippen LogP contribution is -2.37. The number of carbonyl (C=O) groups is 1. The molecule has 0 aliphatic rings. The number of hydroxylamine groups is 2. The van der Waals surface area contributed by atoms with Gasteiger partial charge in [-0.25, -0.2) is 5.06 Å². The molecule has 0 spiro atoms. The van der Waals surface area contributed by atoms with E-state index in [0.717, 1.165) is 10.6 Å². The second-order valence-corrected chi connectivity index (χ2v) is 4.70. The fraction of sp³-hybridized carbons (Fsp3) is 0.533. The minimum Gasteiger partial charge on any atom is -0.392 e. The smallest absolute Gasteiger partial charge is 0.251 e. The first-order valence-electron chi connectivity index (χ1n) is 6.67. The summed E-state index contributed by atoms with van der Waals surface area (Å²) >= 11 is 0. The van der Waals surface area contributed by atoms with Gasteiger partial charge >= 0.3 is 0 Å². The van der Waals surface area contributed by atoms with Gasteiger partial charge in [0.25, 0.3) is 5.91 Å². The molecule has 1 amide bonds. The van der Waals surface area contributed by atoms with Crippen LogP contribution >= 0.6 is 0 Å². The molecule has 1 N–H and O–H groups in total. The monoisotopic (exact) mass is 281 g/mol. The van der Waals surface area contributed by atoms with Gasteiger partial charge in [-0.05, 0) is 12.0 Å². The average Bonchev–Trinajstić information content (AvgIpc) is 2.50. The zero-order valence-corrected chi connectivity index (χ0v) is 12.3. The molecule has 0 saturated heterocycles. The number of aliphatic hydroxyl groups is 1. The molecule has 1 aromatic rings. The highest BCUT2D eigenvalue weighted by atomic mass is 16.7. The molecule has 5 heteroatoms. The predicted molar refractivity (Wildman–Crippen MR) is 75.7 cm³/mol. The molecule has 0 radical (unpaired) electrons. The Morgan fingerprint density at radius 3 is 2.60 bits per heavy atom. The van der Waals surface area contributed by atoms with Gasteiger partial charge in [0.15, 0.2) is 0 Å². The van der Waals surface area contributed by atoms with Gasteiger partial charge in [-0.3, -0.25) is 9.63 Å². The van der Waals surface area contributed by atoms with Gasteiger partial charge < -0.3 is 9.84 Å². The first-order chi connectivity index (χ1) is 9.56. The summed E-state index contributed by atoms with van der Waals surface area (Å²) in [6.07, 6.45) is -0.326. The highest BCUT2D eigenvalue weighted by Crippen LogP contribution is 2.11. The van der Waals surface area contributed by atoms with Gasteiger partial charge in [-0.1, -0.05) is 37.3 Å². The number of amides is 1. The Hall–Kier alpha value is -1.43. The fourth-order valence-corrected chi connectivity index (χ4v) is 1.76. The highest BCUT2D eigenvalue weighted by molar-refractivity contribution is 5.77. The molecule has 0 unspecified atom stereocenters. The Bertz CT molecular complexity index is 396. The fourth-order valence-electron chi connectivity index (χ4n) is 1.76. The summed E-state index contributed by atoms with van der Waals surface area (Å²) in [6, 6.07) is 9.82. The zero-order chi connectivity index (χ0) is 15.0. The summed E-state index contributed by atoms with van der Waals surface area (Å²) in [5.74, 6) is -0.761. The van der Waals surface area contributed by atoms with Gasteiger partial charge in [0.2, 0.25) is 0 Å². The van der Waals surface area contributed by atoms with Crippen molar-refractivity contribution in [1.82, 2.24) is 5.06 Å². The van der Waals surface area contributed by atoms with Crippen molar-refractivity contribution in [2.45, 2.75) is 26.1 Å². The number of benzene rings is 1. The zero-order valence-electron chi connectivity index (χ0n) is 12.3. The normalized spacial score (nSPS) is 13.8. The number of hydrogen-bond donors (Lipinski definition) is 1. The molecule has 2 atom stereocenters. The molecule has 0 aromatic heterocycles. The second kappa shape index (κ2) is 8.68. The Labute approximate surface area is 120 Å². The Kier molecular flexibility index (Phi) is 7.22. The lowest BCUT2D eigenvalue weighted by atomic mass is 10.0. The predicted octanol–water partition coefficient (Wildman–Crippen LogP) is 1.61. The second-order valence-electron chi connectivity index (χ2n) is 4.70. The van der Waals surface area contributed by atoms with Crippen molar-refractivity contribution in [2.75, 3.05) is 20.8 Å². The van der Waals surface area contributed by atoms with Crippen LogP contribution in [0.25, 0.3) is 0 Å². The Balaban J connectivity index is 2.26. The van der Waals surface area contributed by atoms with E-state index in [1.807, 2.05) is 30.3 Å². The molecule has 0 saturated carbocycles. The molecule has 0 bridgehead atoms. The van der Waals surface area contributed by atoms with Crippen molar-refractivity contribution in [1.29, 1.82) is 0 Å². The average molecular weight is 281 g/mol. The van der Waals surface area contributed by atoms with E-state index in [0.29, 0.717) is 19.6 Å². The number of nitrogens with zero attached hydrogens (tertiary/aromatic N) is 1. The maximum Gasteiger partial charge on any atom is 0.251 e. The van der Waals surface area contributed by atoms with Crippen LogP contribution in [-0.2, 0) is 21.0 Å². The van der Waals surface area contributed by atoms with Crippen LogP contribution in [0.2, 0.25) is 0 Å². The van der Waals surface area contributed by atoms with E-state index in [1.165, 1.54) is 14.2 Å². The standard InChI is InChI=1S/C15H23NO4/c1-12(15(18)16(2)19-3)14(17)9-10-20-11-13-7-5-4-6-8-13/h4-8,12,14,17H,9-11H2,1-3H3/t12-,14+/m0/s1. The highest BCUT2D eigenvalue weighted by Gasteiger charge is 2.24. The van der Waals surface area contributed by atoms with Crippen molar-refractivity contribution >= 4 is 5.91 Å². The van der Waals surface area contributed by atoms with Crippen LogP contribution in [0.15, 0.2) is 30.3 Å². The lowest BCUT2D eigenvalue weighted by molar-refractivity contribution is -0.176. The van der Waals surface area contributed by atoms with E-state index in [2.05, 4.69) is 0 Å². The third-order valence-corrected chi connectivity index (χ3v) is 3.22. The minimum absolute atomic E-state index is 0.247. The summed E-state index contributed by atoms with van der Waals surface area (Å²) in [4.78, 5) is 16.6. The van der Waals surface area contributed by atoms with Crippen LogP contribution < -0.4 is 0 Å². The van der Waals surface area contributed by atoms with Gasteiger partial charge in [-0.15, -0.1) is 0 Å². The molecule has 0 aliphatic carbocycles. The molecule has 20 heavy (non-hydrogen) atoms. The number of aliphatic hydroxyl groups excluding tert-OH is 1. The summed E-state index contributed by atoms with van der Waals surface area (Å²) in [6.45, 7) is 2.60. The molecule has 112 valence electrons. The minimum atomic E-state index is -0.740. The van der Waals surface area contributed by atoms with Crippen molar-refractivity contribution in [2.24, 2.45) is 5.92 Å². The van der Waals surface area contributed by atoms with E-state index in [4.69, 9.17) is 9.57 Å². The van der Waals surface area contributed by atoms with Gasteiger partial charge in [0, 0.05) is 13.7 Å². The first-order valence-corrected chi connectivity index (χ1v) is 6.67. The van der Waals surface area contributed by atoms with Crippen molar-refractivity contribution in [3.05, 3.63) is 35.9 Å². The van der Waals surface area contributed by atoms with Gasteiger partial charge in [0.05, 0.1) is 25.7 Å². The van der Waals surface area contributed by atoms with E-state index in [1.54, 1.807) is 6.92 Å². The Morgan fingerprint density at radius 1 is 1.35 bits per heavy atom. The topological polar surface area (TPSA) is 59.0 Å². The largest absolute Gasteiger partial charge is 0.392 e. The number of ether oxygens (including phenoxy) is 1. The summed E-state index contributed by atoms with van der Waals surface area (Å²) in [7, 11) is 2.94. The molecular weight excluding hydrogens is 258 g/mol. The van der Waals surface area contributed by atoms with Gasteiger partial charge in [0.1, 0.15) is 0 Å². The molecular formula is C15H23NO4. The molecule has 1 rings (SSSR count). The lowest BCUT2D eigenvalue weighted by Gasteiger charge is -2.22. The van der Waals surface area contributed by atoms with Crippen molar-refractivity contribution in [3.8, 4) is 0 Å². The van der Waals surface area contributed by atoms with E-state index in [9.17, 15) is 9.90 Å². The molecule has 5 nitrogen and oxygen atoms in total. The van der Waals surface area contributed by atoms with Gasteiger partial charge in [-0.2, -0.15) is 0 Å². The number of rotatable bonds is 8. The van der Waals surface area contributed by atoms with E-state index < -0.39 is 12.0 Å². The molecule has 0 aliphatic heterocycles. The van der Waals surface area contributed by atoms with Crippen LogP contribution in [0, 0.1) is 5.92 Å². The van der Waals surface area contributed by atoms with Crippen LogP contribution in [0.1, 0.15) is 18.9 Å². The summed E-state index contributed by atoms with van der Waals surface area (Å²) in [5.41, 5.74) is 1.09. The molecule has 0 fully saturated rings. The summed E-state index contributed by atoms with van der Waals surface area (Å²) < 4.78 is 5.49. The first kappa shape index (κ1) is 16.6. The van der Waals surface area contributed by atoms with Crippen molar-refractivity contribution in [3.63, 3.8) is 0 Å². The van der Waals surface area contributed by atoms with Crippen LogP contribution in [-0.4, -0.2) is 42.9 Å². The Morgan fingerprint density at radius 2 is 2.00 bits per heavy atom.